The van der Waals surface area contributed by atoms with Crippen molar-refractivity contribution in [3.63, 3.8) is 0 Å². The maximum atomic E-state index is 5.91. The van der Waals surface area contributed by atoms with Crippen LogP contribution < -0.4 is 10.6 Å². The van der Waals surface area contributed by atoms with Crippen molar-refractivity contribution < 1.29 is 0 Å². The van der Waals surface area contributed by atoms with Crippen LogP contribution in [0.3, 0.4) is 0 Å². The molecule has 2 atom stereocenters. The molecule has 2 N–H and O–H groups in total. The van der Waals surface area contributed by atoms with Gasteiger partial charge in [-0.15, -0.1) is 5.10 Å². The summed E-state index contributed by atoms with van der Waals surface area (Å²) in [6.45, 7) is 9.45. The first-order valence-corrected chi connectivity index (χ1v) is 7.23. The van der Waals surface area contributed by atoms with Crippen LogP contribution in [0.2, 0.25) is 0 Å². The largest absolute Gasteiger partial charge is 0.389 e. The number of nitrogens with two attached hydrogens (primary N) is 1. The van der Waals surface area contributed by atoms with Crippen molar-refractivity contribution in [2.45, 2.75) is 46.6 Å². The van der Waals surface area contributed by atoms with Crippen molar-refractivity contribution in [3.05, 3.63) is 16.8 Å². The fourth-order valence-corrected chi connectivity index (χ4v) is 2.92. The smallest absolute Gasteiger partial charge is 0.162 e. The molecule has 5 heteroatoms. The Kier molecular flexibility index (Phi) is 4.04. The van der Waals surface area contributed by atoms with Crippen molar-refractivity contribution in [1.29, 1.82) is 0 Å². The first-order chi connectivity index (χ1) is 8.91. The lowest BCUT2D eigenvalue weighted by Crippen LogP contribution is -2.43. The van der Waals surface area contributed by atoms with Crippen LogP contribution in [-0.4, -0.2) is 27.8 Å². The van der Waals surface area contributed by atoms with Crippen LogP contribution in [-0.2, 0) is 0 Å². The third-order valence-corrected chi connectivity index (χ3v) is 4.28. The van der Waals surface area contributed by atoms with Crippen molar-refractivity contribution >= 4 is 23.0 Å². The highest BCUT2D eigenvalue weighted by atomic mass is 32.1. The van der Waals surface area contributed by atoms with Gasteiger partial charge in [0.25, 0.3) is 0 Å². The number of aryl methyl sites for hydroxylation is 1. The van der Waals surface area contributed by atoms with Crippen LogP contribution >= 0.6 is 12.2 Å². The highest BCUT2D eigenvalue weighted by Gasteiger charge is 2.27. The number of hydrogen-bond donors (Lipinski definition) is 1. The van der Waals surface area contributed by atoms with Gasteiger partial charge in [0, 0.05) is 12.6 Å². The SMILES string of the molecule is Cc1nnc(N2CC(C)CCC2C)c(C(N)=S)c1C. The summed E-state index contributed by atoms with van der Waals surface area (Å²) in [6, 6.07) is 0.459. The second kappa shape index (κ2) is 5.41. The Morgan fingerprint density at radius 1 is 1.26 bits per heavy atom. The molecule has 4 nitrogen and oxygen atoms in total. The van der Waals surface area contributed by atoms with Crippen molar-refractivity contribution in [3.8, 4) is 0 Å². The third-order valence-electron chi connectivity index (χ3n) is 4.07. The Balaban J connectivity index is 2.49. The molecular formula is C14H22N4S. The highest BCUT2D eigenvalue weighted by molar-refractivity contribution is 7.80. The molecule has 1 aromatic heterocycles. The molecule has 104 valence electrons. The van der Waals surface area contributed by atoms with Crippen LogP contribution in [0.15, 0.2) is 0 Å². The summed E-state index contributed by atoms with van der Waals surface area (Å²) in [5, 5.41) is 8.63. The predicted octanol–water partition coefficient (Wildman–Crippen LogP) is 2.35. The summed E-state index contributed by atoms with van der Waals surface area (Å²) in [4.78, 5) is 2.72. The molecule has 1 aromatic rings. The van der Waals surface area contributed by atoms with Gasteiger partial charge >= 0.3 is 0 Å². The van der Waals surface area contributed by atoms with Gasteiger partial charge in [0.15, 0.2) is 5.82 Å². The summed E-state index contributed by atoms with van der Waals surface area (Å²) in [7, 11) is 0. The van der Waals surface area contributed by atoms with E-state index in [0.29, 0.717) is 16.9 Å². The van der Waals surface area contributed by atoms with E-state index < -0.39 is 0 Å². The molecule has 0 aromatic carbocycles. The number of rotatable bonds is 2. The fraction of sp³-hybridized carbons (Fsp3) is 0.643. The predicted molar refractivity (Wildman–Crippen MR) is 82.6 cm³/mol. The molecule has 0 radical (unpaired) electrons. The van der Waals surface area contributed by atoms with E-state index in [1.165, 1.54) is 12.8 Å². The molecule has 0 amide bonds. The van der Waals surface area contributed by atoms with E-state index in [1.54, 1.807) is 0 Å². The van der Waals surface area contributed by atoms with E-state index in [9.17, 15) is 0 Å². The van der Waals surface area contributed by atoms with E-state index in [4.69, 9.17) is 18.0 Å². The summed E-state index contributed by atoms with van der Waals surface area (Å²) in [5.74, 6) is 1.52. The van der Waals surface area contributed by atoms with Gasteiger partial charge in [-0.25, -0.2) is 0 Å². The van der Waals surface area contributed by atoms with Crippen LogP contribution in [0.1, 0.15) is 43.5 Å². The third kappa shape index (κ3) is 2.71. The average Bonchev–Trinajstić information content (AvgIpc) is 2.35. The summed E-state index contributed by atoms with van der Waals surface area (Å²) >= 11 is 5.22. The maximum Gasteiger partial charge on any atom is 0.162 e. The van der Waals surface area contributed by atoms with Gasteiger partial charge < -0.3 is 10.6 Å². The first-order valence-electron chi connectivity index (χ1n) is 6.82. The molecule has 2 rings (SSSR count). The summed E-state index contributed by atoms with van der Waals surface area (Å²) in [6.07, 6.45) is 2.44. The number of nitrogens with zero attached hydrogens (tertiary/aromatic N) is 3. The lowest BCUT2D eigenvalue weighted by Gasteiger charge is -2.38. The second-order valence-corrected chi connectivity index (χ2v) is 6.10. The standard InChI is InChI=1S/C14H22N4S/c1-8-5-6-9(2)18(7-8)14-12(13(15)19)10(3)11(4)16-17-14/h8-9H,5-7H2,1-4H3,(H2,15,19). The lowest BCUT2D eigenvalue weighted by molar-refractivity contribution is 0.387. The molecule has 2 unspecified atom stereocenters. The van der Waals surface area contributed by atoms with Crippen molar-refractivity contribution in [1.82, 2.24) is 10.2 Å². The van der Waals surface area contributed by atoms with Crippen LogP contribution in [0.4, 0.5) is 5.82 Å². The number of thiocarbonyl (C=S) groups is 1. The Morgan fingerprint density at radius 3 is 2.58 bits per heavy atom. The minimum absolute atomic E-state index is 0.413. The number of hydrogen-bond acceptors (Lipinski definition) is 4. The Bertz CT molecular complexity index is 500. The molecule has 1 aliphatic heterocycles. The molecule has 0 aliphatic carbocycles. The van der Waals surface area contributed by atoms with Gasteiger partial charge in [0.05, 0.1) is 11.3 Å². The fourth-order valence-electron chi connectivity index (χ4n) is 2.68. The van der Waals surface area contributed by atoms with E-state index in [1.807, 2.05) is 13.8 Å². The topological polar surface area (TPSA) is 55.0 Å². The number of piperidine rings is 1. The van der Waals surface area contributed by atoms with Crippen LogP contribution in [0.5, 0.6) is 0 Å². The molecule has 1 aliphatic rings. The van der Waals surface area contributed by atoms with Gasteiger partial charge in [0.2, 0.25) is 0 Å². The van der Waals surface area contributed by atoms with Gasteiger partial charge in [-0.2, -0.15) is 5.10 Å². The molecular weight excluding hydrogens is 256 g/mol. The van der Waals surface area contributed by atoms with E-state index in [0.717, 1.165) is 29.2 Å². The Morgan fingerprint density at radius 2 is 1.95 bits per heavy atom. The second-order valence-electron chi connectivity index (χ2n) is 5.66. The molecule has 0 spiro atoms. The average molecular weight is 278 g/mol. The van der Waals surface area contributed by atoms with Gasteiger partial charge in [0.1, 0.15) is 4.99 Å². The number of aromatic nitrogens is 2. The van der Waals surface area contributed by atoms with Crippen molar-refractivity contribution in [2.24, 2.45) is 11.7 Å². The van der Waals surface area contributed by atoms with Gasteiger partial charge in [-0.1, -0.05) is 19.1 Å². The van der Waals surface area contributed by atoms with Gasteiger partial charge in [-0.05, 0) is 45.1 Å². The van der Waals surface area contributed by atoms with E-state index in [-0.39, 0.29) is 0 Å². The Hall–Kier alpha value is -1.23. The summed E-state index contributed by atoms with van der Waals surface area (Å²) in [5.41, 5.74) is 8.74. The zero-order chi connectivity index (χ0) is 14.2. The minimum atomic E-state index is 0.413. The van der Waals surface area contributed by atoms with Crippen LogP contribution in [0.25, 0.3) is 0 Å². The van der Waals surface area contributed by atoms with Crippen LogP contribution in [0, 0.1) is 19.8 Å². The minimum Gasteiger partial charge on any atom is -0.389 e. The molecule has 0 saturated carbocycles. The highest BCUT2D eigenvalue weighted by Crippen LogP contribution is 2.30. The zero-order valence-corrected chi connectivity index (χ0v) is 12.9. The number of anilines is 1. The van der Waals surface area contributed by atoms with Crippen molar-refractivity contribution in [2.75, 3.05) is 11.4 Å². The van der Waals surface area contributed by atoms with E-state index >= 15 is 0 Å². The first kappa shape index (κ1) is 14.2. The monoisotopic (exact) mass is 278 g/mol. The lowest BCUT2D eigenvalue weighted by atomic mass is 9.94. The Labute approximate surface area is 120 Å². The molecule has 2 heterocycles. The molecule has 1 fully saturated rings. The summed E-state index contributed by atoms with van der Waals surface area (Å²) < 4.78 is 0. The normalized spacial score (nSPS) is 23.5. The molecule has 19 heavy (non-hydrogen) atoms. The quantitative estimate of drug-likeness (QED) is 0.842. The molecule has 1 saturated heterocycles. The zero-order valence-electron chi connectivity index (χ0n) is 12.1. The molecule has 0 bridgehead atoms. The maximum absolute atomic E-state index is 5.91. The van der Waals surface area contributed by atoms with Gasteiger partial charge in [-0.3, -0.25) is 0 Å². The van der Waals surface area contributed by atoms with E-state index in [2.05, 4.69) is 28.9 Å².